The average Bonchev–Trinajstić information content (AvgIpc) is 2.81. The van der Waals surface area contributed by atoms with Crippen LogP contribution < -0.4 is 4.90 Å². The van der Waals surface area contributed by atoms with E-state index in [0.29, 0.717) is 18.8 Å². The van der Waals surface area contributed by atoms with Crippen molar-refractivity contribution < 1.29 is 4.92 Å². The van der Waals surface area contributed by atoms with Crippen molar-refractivity contribution in [2.24, 2.45) is 7.05 Å². The molecule has 0 saturated heterocycles. The largest absolute Gasteiger partial charge is 0.362 e. The molecule has 0 atom stereocenters. The first-order valence-corrected chi connectivity index (χ1v) is 6.48. The lowest BCUT2D eigenvalue weighted by Crippen LogP contribution is -2.22. The van der Waals surface area contributed by atoms with Crippen molar-refractivity contribution in [3.63, 3.8) is 0 Å². The predicted molar refractivity (Wildman–Crippen MR) is 77.8 cm³/mol. The Morgan fingerprint density at radius 3 is 2.75 bits per heavy atom. The maximum absolute atomic E-state index is 11.2. The Hall–Kier alpha value is -2.37. The van der Waals surface area contributed by atoms with E-state index in [9.17, 15) is 10.1 Å². The molecule has 2 aromatic rings. The quantitative estimate of drug-likeness (QED) is 0.621. The molecule has 0 unspecified atom stereocenters. The molecule has 0 spiro atoms. The Kier molecular flexibility index (Phi) is 4.02. The maximum atomic E-state index is 11.2. The van der Waals surface area contributed by atoms with Gasteiger partial charge in [-0.1, -0.05) is 6.07 Å². The Labute approximate surface area is 117 Å². The van der Waals surface area contributed by atoms with Gasteiger partial charge in [-0.2, -0.15) is 5.10 Å². The van der Waals surface area contributed by atoms with E-state index in [2.05, 4.69) is 5.10 Å². The number of nitro benzene ring substituents is 1. The lowest BCUT2D eigenvalue weighted by Gasteiger charge is -2.22. The van der Waals surface area contributed by atoms with E-state index in [1.807, 2.05) is 44.1 Å². The van der Waals surface area contributed by atoms with Crippen LogP contribution in [0.4, 0.5) is 11.4 Å². The maximum Gasteiger partial charge on any atom is 0.292 e. The predicted octanol–water partition coefficient (Wildman–Crippen LogP) is 2.66. The van der Waals surface area contributed by atoms with Gasteiger partial charge >= 0.3 is 0 Å². The molecule has 0 aliphatic heterocycles. The summed E-state index contributed by atoms with van der Waals surface area (Å²) in [6.45, 7) is 5.14. The summed E-state index contributed by atoms with van der Waals surface area (Å²) in [5, 5.41) is 15.3. The van der Waals surface area contributed by atoms with Gasteiger partial charge in [0.05, 0.1) is 11.1 Å². The molecule has 0 amide bonds. The Bertz CT molecular complexity index is 621. The van der Waals surface area contributed by atoms with Gasteiger partial charge < -0.3 is 4.90 Å². The van der Waals surface area contributed by atoms with E-state index in [-0.39, 0.29) is 10.6 Å². The summed E-state index contributed by atoms with van der Waals surface area (Å²) in [4.78, 5) is 12.9. The Balaban J connectivity index is 2.34. The zero-order valence-electron chi connectivity index (χ0n) is 11.9. The van der Waals surface area contributed by atoms with Crippen molar-refractivity contribution in [1.29, 1.82) is 0 Å². The minimum atomic E-state index is -0.325. The molecule has 1 aromatic carbocycles. The minimum absolute atomic E-state index is 0.149. The van der Waals surface area contributed by atoms with E-state index < -0.39 is 0 Å². The fraction of sp³-hybridized carbons (Fsp3) is 0.357. The normalized spacial score (nSPS) is 10.6. The SMILES string of the molecule is CCN(Cc1cnn(C)c1)c1ccc(C)cc1[N+](=O)[O-]. The number of aromatic nitrogens is 2. The third-order valence-electron chi connectivity index (χ3n) is 3.18. The average molecular weight is 274 g/mol. The highest BCUT2D eigenvalue weighted by atomic mass is 16.6. The summed E-state index contributed by atoms with van der Waals surface area (Å²) in [5.74, 6) is 0. The Morgan fingerprint density at radius 2 is 2.20 bits per heavy atom. The first-order valence-electron chi connectivity index (χ1n) is 6.48. The molecule has 6 heteroatoms. The van der Waals surface area contributed by atoms with Crippen LogP contribution in [-0.4, -0.2) is 21.2 Å². The molecular formula is C14H18N4O2. The first-order chi connectivity index (χ1) is 9.51. The van der Waals surface area contributed by atoms with Crippen LogP contribution in [0, 0.1) is 17.0 Å². The summed E-state index contributed by atoms with van der Waals surface area (Å²) in [7, 11) is 1.86. The smallest absolute Gasteiger partial charge is 0.292 e. The summed E-state index contributed by atoms with van der Waals surface area (Å²) in [6, 6.07) is 5.32. The van der Waals surface area contributed by atoms with Crippen LogP contribution in [0.2, 0.25) is 0 Å². The second-order valence-corrected chi connectivity index (χ2v) is 4.79. The van der Waals surface area contributed by atoms with Gasteiger partial charge in [0.2, 0.25) is 0 Å². The standard InChI is InChI=1S/C14H18N4O2/c1-4-17(10-12-8-15-16(3)9-12)13-6-5-11(2)7-14(13)18(19)20/h5-9H,4,10H2,1-3H3. The second kappa shape index (κ2) is 5.73. The summed E-state index contributed by atoms with van der Waals surface area (Å²) < 4.78 is 1.73. The number of aryl methyl sites for hydroxylation is 2. The molecule has 0 fully saturated rings. The molecule has 106 valence electrons. The lowest BCUT2D eigenvalue weighted by molar-refractivity contribution is -0.384. The third kappa shape index (κ3) is 2.96. The molecule has 0 aliphatic carbocycles. The van der Waals surface area contributed by atoms with E-state index in [0.717, 1.165) is 11.1 Å². The molecule has 0 aliphatic rings. The molecule has 0 radical (unpaired) electrons. The number of rotatable bonds is 5. The molecule has 1 aromatic heterocycles. The van der Waals surface area contributed by atoms with Gasteiger partial charge in [-0.05, 0) is 25.5 Å². The number of hydrogen-bond acceptors (Lipinski definition) is 4. The monoisotopic (exact) mass is 274 g/mol. The highest BCUT2D eigenvalue weighted by Crippen LogP contribution is 2.30. The molecule has 1 heterocycles. The second-order valence-electron chi connectivity index (χ2n) is 4.79. The summed E-state index contributed by atoms with van der Waals surface area (Å²) in [5.41, 5.74) is 2.71. The molecule has 0 bridgehead atoms. The van der Waals surface area contributed by atoms with Gasteiger partial charge in [0.25, 0.3) is 5.69 Å². The molecular weight excluding hydrogens is 256 g/mol. The van der Waals surface area contributed by atoms with Crippen molar-refractivity contribution in [2.75, 3.05) is 11.4 Å². The van der Waals surface area contributed by atoms with Crippen molar-refractivity contribution in [1.82, 2.24) is 9.78 Å². The fourth-order valence-electron chi connectivity index (χ4n) is 2.19. The number of nitrogens with zero attached hydrogens (tertiary/aromatic N) is 4. The van der Waals surface area contributed by atoms with Crippen LogP contribution in [0.5, 0.6) is 0 Å². The lowest BCUT2D eigenvalue weighted by atomic mass is 10.1. The van der Waals surface area contributed by atoms with Crippen molar-refractivity contribution >= 4 is 11.4 Å². The van der Waals surface area contributed by atoms with Gasteiger partial charge in [0.1, 0.15) is 5.69 Å². The molecule has 20 heavy (non-hydrogen) atoms. The van der Waals surface area contributed by atoms with Crippen molar-refractivity contribution in [2.45, 2.75) is 20.4 Å². The van der Waals surface area contributed by atoms with E-state index in [1.165, 1.54) is 0 Å². The van der Waals surface area contributed by atoms with Crippen molar-refractivity contribution in [3.8, 4) is 0 Å². The van der Waals surface area contributed by atoms with E-state index in [4.69, 9.17) is 0 Å². The number of anilines is 1. The fourth-order valence-corrected chi connectivity index (χ4v) is 2.19. The Morgan fingerprint density at radius 1 is 1.45 bits per heavy atom. The van der Waals surface area contributed by atoms with Gasteiger partial charge in [-0.3, -0.25) is 14.8 Å². The number of nitro groups is 1. The van der Waals surface area contributed by atoms with Crippen LogP contribution in [-0.2, 0) is 13.6 Å². The van der Waals surface area contributed by atoms with Crippen LogP contribution in [0.1, 0.15) is 18.1 Å². The van der Waals surface area contributed by atoms with Crippen LogP contribution in [0.15, 0.2) is 30.6 Å². The highest BCUT2D eigenvalue weighted by Gasteiger charge is 2.19. The van der Waals surface area contributed by atoms with Gasteiger partial charge in [0, 0.05) is 38.0 Å². The number of hydrogen-bond donors (Lipinski definition) is 0. The zero-order valence-corrected chi connectivity index (χ0v) is 11.9. The number of benzene rings is 1. The molecule has 0 saturated carbocycles. The topological polar surface area (TPSA) is 64.2 Å². The van der Waals surface area contributed by atoms with Crippen LogP contribution in [0.3, 0.4) is 0 Å². The molecule has 2 rings (SSSR count). The van der Waals surface area contributed by atoms with Crippen LogP contribution >= 0.6 is 0 Å². The molecule has 6 nitrogen and oxygen atoms in total. The zero-order chi connectivity index (χ0) is 14.7. The summed E-state index contributed by atoms with van der Waals surface area (Å²) in [6.07, 6.45) is 3.70. The minimum Gasteiger partial charge on any atom is -0.362 e. The van der Waals surface area contributed by atoms with Gasteiger partial charge in [-0.25, -0.2) is 0 Å². The van der Waals surface area contributed by atoms with Gasteiger partial charge in [-0.15, -0.1) is 0 Å². The van der Waals surface area contributed by atoms with E-state index >= 15 is 0 Å². The first kappa shape index (κ1) is 14.0. The van der Waals surface area contributed by atoms with Crippen LogP contribution in [0.25, 0.3) is 0 Å². The third-order valence-corrected chi connectivity index (χ3v) is 3.18. The summed E-state index contributed by atoms with van der Waals surface area (Å²) >= 11 is 0. The highest BCUT2D eigenvalue weighted by molar-refractivity contribution is 5.64. The molecule has 0 N–H and O–H groups in total. The van der Waals surface area contributed by atoms with Gasteiger partial charge in [0.15, 0.2) is 0 Å². The van der Waals surface area contributed by atoms with E-state index in [1.54, 1.807) is 16.9 Å². The van der Waals surface area contributed by atoms with Crippen molar-refractivity contribution in [3.05, 3.63) is 51.8 Å².